The van der Waals surface area contributed by atoms with E-state index in [1.165, 1.54) is 11.4 Å². The third-order valence-electron chi connectivity index (χ3n) is 2.70. The molecule has 1 rings (SSSR count). The van der Waals surface area contributed by atoms with Gasteiger partial charge in [-0.2, -0.15) is 17.0 Å². The highest BCUT2D eigenvalue weighted by Crippen LogP contribution is 2.17. The van der Waals surface area contributed by atoms with Crippen molar-refractivity contribution in [3.63, 3.8) is 0 Å². The maximum Gasteiger partial charge on any atom is 0.283 e. The number of rotatable bonds is 6. The molecule has 114 valence electrons. The first-order chi connectivity index (χ1) is 8.64. The molecular weight excluding hydrogens is 318 g/mol. The first kappa shape index (κ1) is 17.1. The van der Waals surface area contributed by atoms with E-state index in [4.69, 9.17) is 21.5 Å². The lowest BCUT2D eigenvalue weighted by atomic mass is 10.5. The van der Waals surface area contributed by atoms with Crippen molar-refractivity contribution in [1.29, 1.82) is 0 Å². The van der Waals surface area contributed by atoms with E-state index in [1.54, 1.807) is 0 Å². The zero-order valence-corrected chi connectivity index (χ0v) is 12.9. The van der Waals surface area contributed by atoms with Crippen LogP contribution < -0.4 is 5.14 Å². The van der Waals surface area contributed by atoms with Crippen LogP contribution in [-0.2, 0) is 25.0 Å². The topological polar surface area (TPSA) is 110 Å². The zero-order chi connectivity index (χ0) is 14.7. The van der Waals surface area contributed by atoms with Gasteiger partial charge in [-0.3, -0.25) is 0 Å². The summed E-state index contributed by atoms with van der Waals surface area (Å²) in [5, 5.41) is 4.85. The van der Waals surface area contributed by atoms with Gasteiger partial charge in [0.25, 0.3) is 10.2 Å². The fourth-order valence-corrected chi connectivity index (χ4v) is 4.01. The lowest BCUT2D eigenvalue weighted by Crippen LogP contribution is -2.49. The van der Waals surface area contributed by atoms with Crippen molar-refractivity contribution in [1.82, 2.24) is 8.61 Å². The first-order valence-corrected chi connectivity index (χ1v) is 9.15. The van der Waals surface area contributed by atoms with E-state index in [9.17, 15) is 16.8 Å². The number of primary sulfonamides is 1. The molecule has 11 heteroatoms. The Morgan fingerprint density at radius 1 is 1.32 bits per heavy atom. The third-order valence-corrected chi connectivity index (χ3v) is 6.13. The Morgan fingerprint density at radius 2 is 1.84 bits per heavy atom. The van der Waals surface area contributed by atoms with Gasteiger partial charge in [-0.15, -0.1) is 11.6 Å². The van der Waals surface area contributed by atoms with Crippen LogP contribution in [0, 0.1) is 0 Å². The van der Waals surface area contributed by atoms with Crippen LogP contribution in [0.5, 0.6) is 0 Å². The highest BCUT2D eigenvalue weighted by atomic mass is 35.5. The first-order valence-electron chi connectivity index (χ1n) is 5.60. The van der Waals surface area contributed by atoms with Crippen LogP contribution in [0.1, 0.15) is 6.42 Å². The van der Waals surface area contributed by atoms with Crippen molar-refractivity contribution in [3.05, 3.63) is 0 Å². The van der Waals surface area contributed by atoms with Gasteiger partial charge in [-0.25, -0.2) is 13.6 Å². The Labute approximate surface area is 118 Å². The number of alkyl halides is 1. The lowest BCUT2D eigenvalue weighted by molar-refractivity contribution is 0.0704. The summed E-state index contributed by atoms with van der Waals surface area (Å²) in [5.74, 6) is -0.371. The highest BCUT2D eigenvalue weighted by Gasteiger charge is 2.32. The number of hydrogen-bond acceptors (Lipinski definition) is 5. The molecule has 1 atom stereocenters. The zero-order valence-electron chi connectivity index (χ0n) is 10.5. The number of ether oxygens (including phenoxy) is 1. The monoisotopic (exact) mass is 335 g/mol. The fourth-order valence-electron chi connectivity index (χ4n) is 1.55. The summed E-state index contributed by atoms with van der Waals surface area (Å²) in [6.45, 7) is 1.17. The minimum atomic E-state index is -3.71. The number of hydrogen-bond donors (Lipinski definition) is 1. The summed E-state index contributed by atoms with van der Waals surface area (Å²) in [5.41, 5.74) is -0.967. The van der Waals surface area contributed by atoms with Gasteiger partial charge in [0.15, 0.2) is 0 Å². The van der Waals surface area contributed by atoms with Gasteiger partial charge in [0, 0.05) is 20.1 Å². The number of halogens is 1. The predicted molar refractivity (Wildman–Crippen MR) is 71.3 cm³/mol. The maximum atomic E-state index is 12.2. The summed E-state index contributed by atoms with van der Waals surface area (Å²) in [6.07, 6.45) is -0.0690. The van der Waals surface area contributed by atoms with Gasteiger partial charge in [0.05, 0.1) is 19.0 Å². The number of morpholine rings is 1. The summed E-state index contributed by atoms with van der Waals surface area (Å²) in [7, 11) is -6.06. The number of nitrogens with two attached hydrogens (primary N) is 1. The summed E-state index contributed by atoms with van der Waals surface area (Å²) >= 11 is 5.91. The molecule has 1 aliphatic rings. The average Bonchev–Trinajstić information content (AvgIpc) is 2.35. The minimum absolute atomic E-state index is 0.0690. The standard InChI is InChI=1S/C8H18ClN3O5S2/c1-11(8(9)2-7-18(10,13)14)19(15,16)12-3-5-17-6-4-12/h8H,2-7H2,1H3,(H2,10,13,14). The molecule has 2 N–H and O–H groups in total. The van der Waals surface area contributed by atoms with Crippen molar-refractivity contribution in [3.8, 4) is 0 Å². The van der Waals surface area contributed by atoms with Crippen molar-refractivity contribution in [2.45, 2.75) is 11.9 Å². The van der Waals surface area contributed by atoms with Gasteiger partial charge < -0.3 is 4.74 Å². The third kappa shape index (κ3) is 5.14. The van der Waals surface area contributed by atoms with Crippen LogP contribution in [0.15, 0.2) is 0 Å². The molecule has 19 heavy (non-hydrogen) atoms. The molecule has 1 heterocycles. The van der Waals surface area contributed by atoms with Crippen LogP contribution in [0.3, 0.4) is 0 Å². The Balaban J connectivity index is 2.66. The van der Waals surface area contributed by atoms with Gasteiger partial charge in [0.1, 0.15) is 5.50 Å². The summed E-state index contributed by atoms with van der Waals surface area (Å²) < 4.78 is 53.3. The van der Waals surface area contributed by atoms with Crippen LogP contribution in [0.2, 0.25) is 0 Å². The van der Waals surface area contributed by atoms with E-state index in [2.05, 4.69) is 0 Å². The molecule has 0 aliphatic carbocycles. The molecule has 1 aliphatic heterocycles. The Hall–Kier alpha value is 0.0300. The average molecular weight is 336 g/mol. The van der Waals surface area contributed by atoms with Crippen LogP contribution in [0.25, 0.3) is 0 Å². The Morgan fingerprint density at radius 3 is 2.32 bits per heavy atom. The SMILES string of the molecule is CN(C(Cl)CCS(N)(=O)=O)S(=O)(=O)N1CCOCC1. The molecule has 0 aromatic rings. The molecule has 1 fully saturated rings. The van der Waals surface area contributed by atoms with E-state index in [1.807, 2.05) is 0 Å². The van der Waals surface area contributed by atoms with E-state index in [0.717, 1.165) is 4.31 Å². The molecule has 0 radical (unpaired) electrons. The van der Waals surface area contributed by atoms with Crippen LogP contribution >= 0.6 is 11.6 Å². The largest absolute Gasteiger partial charge is 0.379 e. The smallest absolute Gasteiger partial charge is 0.283 e. The number of nitrogens with zero attached hydrogens (tertiary/aromatic N) is 2. The number of sulfonamides is 1. The predicted octanol–water partition coefficient (Wildman–Crippen LogP) is -1.26. The molecule has 0 saturated carbocycles. The van der Waals surface area contributed by atoms with Crippen LogP contribution in [0.4, 0.5) is 0 Å². The maximum absolute atomic E-state index is 12.2. The molecule has 1 saturated heterocycles. The quantitative estimate of drug-likeness (QED) is 0.481. The van der Waals surface area contributed by atoms with Crippen LogP contribution in [-0.4, -0.2) is 70.1 Å². The fraction of sp³-hybridized carbons (Fsp3) is 1.00. The summed E-state index contributed by atoms with van der Waals surface area (Å²) in [6, 6.07) is 0. The van der Waals surface area contributed by atoms with Crippen molar-refractivity contribution >= 4 is 31.8 Å². The molecule has 8 nitrogen and oxygen atoms in total. The minimum Gasteiger partial charge on any atom is -0.379 e. The molecule has 0 spiro atoms. The molecule has 1 unspecified atom stereocenters. The molecule has 0 bridgehead atoms. The van der Waals surface area contributed by atoms with E-state index < -0.39 is 25.7 Å². The van der Waals surface area contributed by atoms with Gasteiger partial charge in [-0.1, -0.05) is 0 Å². The van der Waals surface area contributed by atoms with Crippen molar-refractivity contribution in [2.75, 3.05) is 39.1 Å². The molecule has 0 aromatic carbocycles. The van der Waals surface area contributed by atoms with E-state index in [0.29, 0.717) is 13.2 Å². The highest BCUT2D eigenvalue weighted by molar-refractivity contribution is 7.89. The molecular formula is C8H18ClN3O5S2. The molecule has 0 amide bonds. The summed E-state index contributed by atoms with van der Waals surface area (Å²) in [4.78, 5) is 0. The van der Waals surface area contributed by atoms with E-state index in [-0.39, 0.29) is 25.3 Å². The second kappa shape index (κ2) is 6.66. The Bertz CT molecular complexity index is 489. The normalized spacial score (nSPS) is 20.6. The lowest BCUT2D eigenvalue weighted by Gasteiger charge is -2.32. The van der Waals surface area contributed by atoms with Crippen molar-refractivity contribution < 1.29 is 21.6 Å². The van der Waals surface area contributed by atoms with E-state index >= 15 is 0 Å². The van der Waals surface area contributed by atoms with Gasteiger partial charge in [0.2, 0.25) is 10.0 Å². The molecule has 0 aromatic heterocycles. The van der Waals surface area contributed by atoms with Gasteiger partial charge >= 0.3 is 0 Å². The second-order valence-electron chi connectivity index (χ2n) is 4.13. The Kier molecular flexibility index (Phi) is 5.98. The second-order valence-corrected chi connectivity index (χ2v) is 8.35. The van der Waals surface area contributed by atoms with Gasteiger partial charge in [-0.05, 0) is 6.42 Å². The van der Waals surface area contributed by atoms with Crippen molar-refractivity contribution in [2.24, 2.45) is 5.14 Å².